The lowest BCUT2D eigenvalue weighted by Gasteiger charge is -1.98. The third-order valence-corrected chi connectivity index (χ3v) is 3.66. The topological polar surface area (TPSA) is 70.1 Å². The number of H-pyrrole nitrogens is 1. The number of amides is 1. The fourth-order valence-corrected chi connectivity index (χ4v) is 2.66. The Morgan fingerprint density at radius 1 is 1.37 bits per heavy atom. The van der Waals surface area contributed by atoms with E-state index in [0.717, 1.165) is 22.0 Å². The van der Waals surface area contributed by atoms with E-state index in [0.29, 0.717) is 11.3 Å². The standard InChI is InChI=1S/C13H12N4OS/c1-7-5-8(2)15-10(7)6-9-11(16-17-12(9)18)13-14-3-4-19-13/h3-6,15H,1-2H3,(H,17,18). The van der Waals surface area contributed by atoms with Crippen molar-refractivity contribution in [2.45, 2.75) is 13.8 Å². The number of nitrogens with zero attached hydrogens (tertiary/aromatic N) is 2. The van der Waals surface area contributed by atoms with Crippen molar-refractivity contribution < 1.29 is 4.79 Å². The van der Waals surface area contributed by atoms with E-state index in [1.807, 2.05) is 31.4 Å². The first-order chi connectivity index (χ1) is 9.15. The SMILES string of the molecule is Cc1cc(C)c(C=C2C(=O)NN=C2c2nccs2)[nH]1. The van der Waals surface area contributed by atoms with Crippen LogP contribution in [-0.4, -0.2) is 21.6 Å². The summed E-state index contributed by atoms with van der Waals surface area (Å²) < 4.78 is 0. The van der Waals surface area contributed by atoms with Crippen LogP contribution in [0, 0.1) is 13.8 Å². The molecule has 6 heteroatoms. The molecule has 3 rings (SSSR count). The minimum atomic E-state index is -0.197. The van der Waals surface area contributed by atoms with Gasteiger partial charge in [-0.2, -0.15) is 5.10 Å². The summed E-state index contributed by atoms with van der Waals surface area (Å²) >= 11 is 1.46. The van der Waals surface area contributed by atoms with Crippen LogP contribution in [0.5, 0.6) is 0 Å². The Morgan fingerprint density at radius 2 is 2.21 bits per heavy atom. The molecule has 1 aliphatic rings. The zero-order valence-corrected chi connectivity index (χ0v) is 11.3. The molecule has 0 bridgehead atoms. The van der Waals surface area contributed by atoms with Crippen LogP contribution in [0.4, 0.5) is 0 Å². The zero-order chi connectivity index (χ0) is 13.4. The van der Waals surface area contributed by atoms with Gasteiger partial charge in [0.15, 0.2) is 0 Å². The Morgan fingerprint density at radius 3 is 2.84 bits per heavy atom. The van der Waals surface area contributed by atoms with E-state index in [1.165, 1.54) is 11.3 Å². The van der Waals surface area contributed by atoms with E-state index in [9.17, 15) is 4.79 Å². The number of aryl methyl sites for hydroxylation is 2. The predicted molar refractivity (Wildman–Crippen MR) is 75.0 cm³/mol. The third-order valence-electron chi connectivity index (χ3n) is 2.88. The summed E-state index contributed by atoms with van der Waals surface area (Å²) in [5, 5.41) is 6.66. The molecule has 0 spiro atoms. The number of thiazole rings is 1. The van der Waals surface area contributed by atoms with Gasteiger partial charge in [-0.15, -0.1) is 11.3 Å². The van der Waals surface area contributed by atoms with Gasteiger partial charge in [0, 0.05) is 23.0 Å². The molecule has 3 heterocycles. The number of hydrogen-bond donors (Lipinski definition) is 2. The van der Waals surface area contributed by atoms with Gasteiger partial charge in [0.25, 0.3) is 5.91 Å². The quantitative estimate of drug-likeness (QED) is 0.821. The van der Waals surface area contributed by atoms with E-state index in [4.69, 9.17) is 0 Å². The van der Waals surface area contributed by atoms with Gasteiger partial charge in [0.05, 0.1) is 5.57 Å². The minimum Gasteiger partial charge on any atom is -0.359 e. The summed E-state index contributed by atoms with van der Waals surface area (Å²) in [6.07, 6.45) is 3.53. The Hall–Kier alpha value is -2.21. The highest BCUT2D eigenvalue weighted by Crippen LogP contribution is 2.20. The fourth-order valence-electron chi connectivity index (χ4n) is 2.02. The van der Waals surface area contributed by atoms with Crippen LogP contribution < -0.4 is 5.43 Å². The first kappa shape index (κ1) is 11.9. The molecule has 0 aromatic carbocycles. The van der Waals surface area contributed by atoms with Crippen molar-refractivity contribution >= 4 is 29.0 Å². The highest BCUT2D eigenvalue weighted by Gasteiger charge is 2.25. The maximum absolute atomic E-state index is 11.9. The van der Waals surface area contributed by atoms with Crippen molar-refractivity contribution in [3.05, 3.63) is 45.2 Å². The molecule has 0 radical (unpaired) electrons. The van der Waals surface area contributed by atoms with Gasteiger partial charge < -0.3 is 4.98 Å². The second kappa shape index (κ2) is 4.47. The van der Waals surface area contributed by atoms with Gasteiger partial charge in [-0.25, -0.2) is 10.4 Å². The Kier molecular flexibility index (Phi) is 2.79. The Balaban J connectivity index is 2.05. The monoisotopic (exact) mass is 272 g/mol. The lowest BCUT2D eigenvalue weighted by molar-refractivity contribution is -0.116. The van der Waals surface area contributed by atoms with Gasteiger partial charge in [0.1, 0.15) is 10.7 Å². The molecule has 1 amide bonds. The molecule has 1 aliphatic heterocycles. The number of hydrogen-bond acceptors (Lipinski definition) is 4. The van der Waals surface area contributed by atoms with Crippen molar-refractivity contribution in [2.75, 3.05) is 0 Å². The van der Waals surface area contributed by atoms with Crippen molar-refractivity contribution in [1.29, 1.82) is 0 Å². The molecular formula is C13H12N4OS. The number of nitrogens with one attached hydrogen (secondary N) is 2. The number of aromatic nitrogens is 2. The molecule has 0 aliphatic carbocycles. The Labute approximate surface area is 114 Å². The van der Waals surface area contributed by atoms with Crippen molar-refractivity contribution in [3.8, 4) is 0 Å². The number of aromatic amines is 1. The van der Waals surface area contributed by atoms with E-state index in [-0.39, 0.29) is 5.91 Å². The molecule has 0 saturated carbocycles. The number of hydrazone groups is 1. The number of carbonyl (C=O) groups is 1. The molecule has 0 fully saturated rings. The van der Waals surface area contributed by atoms with Crippen LogP contribution in [0.25, 0.3) is 6.08 Å². The third kappa shape index (κ3) is 2.10. The van der Waals surface area contributed by atoms with Gasteiger partial charge >= 0.3 is 0 Å². The minimum absolute atomic E-state index is 0.197. The van der Waals surface area contributed by atoms with E-state index in [2.05, 4.69) is 20.5 Å². The summed E-state index contributed by atoms with van der Waals surface area (Å²) in [4.78, 5) is 19.3. The number of rotatable bonds is 2. The van der Waals surface area contributed by atoms with Crippen LogP contribution in [0.1, 0.15) is 22.0 Å². The summed E-state index contributed by atoms with van der Waals surface area (Å²) in [5.74, 6) is -0.197. The zero-order valence-electron chi connectivity index (χ0n) is 10.5. The van der Waals surface area contributed by atoms with Crippen LogP contribution >= 0.6 is 11.3 Å². The molecule has 0 unspecified atom stereocenters. The molecule has 19 heavy (non-hydrogen) atoms. The molecule has 0 saturated heterocycles. The Bertz CT molecular complexity index is 694. The van der Waals surface area contributed by atoms with Gasteiger partial charge in [-0.05, 0) is 31.6 Å². The van der Waals surface area contributed by atoms with Gasteiger partial charge in [-0.1, -0.05) is 0 Å². The molecule has 96 valence electrons. The lowest BCUT2D eigenvalue weighted by Crippen LogP contribution is -2.13. The maximum Gasteiger partial charge on any atom is 0.273 e. The first-order valence-electron chi connectivity index (χ1n) is 5.81. The normalized spacial score (nSPS) is 16.8. The van der Waals surface area contributed by atoms with Gasteiger partial charge in [0.2, 0.25) is 0 Å². The van der Waals surface area contributed by atoms with Crippen molar-refractivity contribution in [2.24, 2.45) is 5.10 Å². The van der Waals surface area contributed by atoms with Crippen molar-refractivity contribution in [3.63, 3.8) is 0 Å². The van der Waals surface area contributed by atoms with E-state index in [1.54, 1.807) is 6.20 Å². The second-order valence-electron chi connectivity index (χ2n) is 4.35. The van der Waals surface area contributed by atoms with E-state index >= 15 is 0 Å². The fraction of sp³-hybridized carbons (Fsp3) is 0.154. The van der Waals surface area contributed by atoms with Crippen LogP contribution in [-0.2, 0) is 4.79 Å². The molecule has 2 aromatic heterocycles. The highest BCUT2D eigenvalue weighted by atomic mass is 32.1. The lowest BCUT2D eigenvalue weighted by atomic mass is 10.1. The average molecular weight is 272 g/mol. The highest BCUT2D eigenvalue weighted by molar-refractivity contribution is 7.12. The summed E-state index contributed by atoms with van der Waals surface area (Å²) in [5.41, 5.74) is 6.72. The van der Waals surface area contributed by atoms with Gasteiger partial charge in [-0.3, -0.25) is 4.79 Å². The first-order valence-corrected chi connectivity index (χ1v) is 6.69. The molecule has 2 N–H and O–H groups in total. The average Bonchev–Trinajstić information content (AvgIpc) is 3.04. The molecule has 5 nitrogen and oxygen atoms in total. The second-order valence-corrected chi connectivity index (χ2v) is 5.24. The molecular weight excluding hydrogens is 260 g/mol. The summed E-state index contributed by atoms with van der Waals surface area (Å²) in [6, 6.07) is 2.04. The van der Waals surface area contributed by atoms with Crippen LogP contribution in [0.2, 0.25) is 0 Å². The molecule has 0 atom stereocenters. The largest absolute Gasteiger partial charge is 0.359 e. The summed E-state index contributed by atoms with van der Waals surface area (Å²) in [7, 11) is 0. The smallest absolute Gasteiger partial charge is 0.273 e. The number of carbonyl (C=O) groups excluding carboxylic acids is 1. The van der Waals surface area contributed by atoms with Crippen molar-refractivity contribution in [1.82, 2.24) is 15.4 Å². The van der Waals surface area contributed by atoms with Crippen LogP contribution in [0.15, 0.2) is 28.3 Å². The summed E-state index contributed by atoms with van der Waals surface area (Å²) in [6.45, 7) is 3.99. The predicted octanol–water partition coefficient (Wildman–Crippen LogP) is 2.01. The van der Waals surface area contributed by atoms with E-state index < -0.39 is 0 Å². The van der Waals surface area contributed by atoms with Crippen LogP contribution in [0.3, 0.4) is 0 Å². The maximum atomic E-state index is 11.9. The molecule has 2 aromatic rings.